The Hall–Kier alpha value is -2.15. The molecule has 1 aliphatic rings. The van der Waals surface area contributed by atoms with Gasteiger partial charge in [-0.15, -0.1) is 0 Å². The monoisotopic (exact) mass is 290 g/mol. The summed E-state index contributed by atoms with van der Waals surface area (Å²) >= 11 is 0. The van der Waals surface area contributed by atoms with Crippen LogP contribution in [0.4, 0.5) is 0 Å². The highest BCUT2D eigenvalue weighted by Gasteiger charge is 2.42. The lowest BCUT2D eigenvalue weighted by Crippen LogP contribution is -2.58. The van der Waals surface area contributed by atoms with Crippen LogP contribution in [0, 0.1) is 12.3 Å². The maximum Gasteiger partial charge on any atom is 0.272 e. The average Bonchev–Trinajstić information content (AvgIpc) is 2.79. The zero-order valence-electron chi connectivity index (χ0n) is 12.3. The number of amides is 1. The van der Waals surface area contributed by atoms with Crippen molar-refractivity contribution in [1.82, 2.24) is 19.5 Å². The minimum Gasteiger partial charge on any atom is -0.384 e. The second-order valence-corrected chi connectivity index (χ2v) is 5.99. The molecule has 7 heteroatoms. The van der Waals surface area contributed by atoms with E-state index in [9.17, 15) is 9.59 Å². The summed E-state index contributed by atoms with van der Waals surface area (Å²) in [6.45, 7) is 5.74. The van der Waals surface area contributed by atoms with Crippen molar-refractivity contribution in [2.24, 2.45) is 5.41 Å². The predicted molar refractivity (Wildman–Crippen MR) is 76.4 cm³/mol. The molecule has 2 aromatic rings. The fourth-order valence-corrected chi connectivity index (χ4v) is 2.88. The van der Waals surface area contributed by atoms with Crippen LogP contribution >= 0.6 is 0 Å². The molecule has 1 fully saturated rings. The van der Waals surface area contributed by atoms with Crippen LogP contribution in [-0.2, 0) is 4.74 Å². The van der Waals surface area contributed by atoms with E-state index in [0.717, 1.165) is 0 Å². The quantitative estimate of drug-likeness (QED) is 0.889. The number of aromatic amines is 1. The first-order valence-electron chi connectivity index (χ1n) is 6.79. The molecule has 0 radical (unpaired) electrons. The summed E-state index contributed by atoms with van der Waals surface area (Å²) in [6.07, 6.45) is 1.54. The third-order valence-corrected chi connectivity index (χ3v) is 3.78. The Labute approximate surface area is 121 Å². The van der Waals surface area contributed by atoms with Crippen molar-refractivity contribution in [3.63, 3.8) is 0 Å². The van der Waals surface area contributed by atoms with E-state index in [1.807, 2.05) is 0 Å². The van der Waals surface area contributed by atoms with Crippen LogP contribution in [0.2, 0.25) is 0 Å². The number of hydrogen-bond donors (Lipinski definition) is 1. The van der Waals surface area contributed by atoms with Crippen LogP contribution in [0.5, 0.6) is 0 Å². The molecule has 3 heterocycles. The standard InChI is InChI=1S/C14H18N4O3/c1-9-4-11(19)18-12(16-9)10(5-15-18)13(20)17-6-14(2,7-17)8-21-3/h4-5,15H,6-8H2,1-3H3. The van der Waals surface area contributed by atoms with Crippen LogP contribution in [0.15, 0.2) is 17.1 Å². The van der Waals surface area contributed by atoms with E-state index in [2.05, 4.69) is 17.0 Å². The molecule has 112 valence electrons. The van der Waals surface area contributed by atoms with Gasteiger partial charge in [0.2, 0.25) is 0 Å². The van der Waals surface area contributed by atoms with Crippen LogP contribution in [0.25, 0.3) is 5.65 Å². The molecule has 1 aliphatic heterocycles. The van der Waals surface area contributed by atoms with E-state index in [4.69, 9.17) is 4.74 Å². The van der Waals surface area contributed by atoms with E-state index in [-0.39, 0.29) is 16.9 Å². The zero-order valence-corrected chi connectivity index (χ0v) is 12.3. The molecule has 0 atom stereocenters. The van der Waals surface area contributed by atoms with E-state index in [1.165, 1.54) is 16.8 Å². The SMILES string of the molecule is COCC1(C)CN(C(=O)c2c[nH]n3c(=O)cc(C)nc23)C1. The number of likely N-dealkylation sites (tertiary alicyclic amines) is 1. The van der Waals surface area contributed by atoms with Gasteiger partial charge in [0.15, 0.2) is 5.65 Å². The summed E-state index contributed by atoms with van der Waals surface area (Å²) in [6, 6.07) is 1.43. The molecule has 21 heavy (non-hydrogen) atoms. The minimum absolute atomic E-state index is 0.0106. The van der Waals surface area contributed by atoms with Crippen molar-refractivity contribution >= 4 is 11.6 Å². The Morgan fingerprint density at radius 1 is 1.52 bits per heavy atom. The van der Waals surface area contributed by atoms with Gasteiger partial charge < -0.3 is 9.64 Å². The lowest BCUT2D eigenvalue weighted by Gasteiger charge is -2.47. The minimum atomic E-state index is -0.218. The lowest BCUT2D eigenvalue weighted by atomic mass is 9.82. The number of rotatable bonds is 3. The summed E-state index contributed by atoms with van der Waals surface area (Å²) in [5.41, 5.74) is 1.20. The van der Waals surface area contributed by atoms with E-state index >= 15 is 0 Å². The first-order chi connectivity index (χ1) is 9.93. The number of aryl methyl sites for hydroxylation is 1. The predicted octanol–water partition coefficient (Wildman–Crippen LogP) is 0.440. The molecule has 0 bridgehead atoms. The number of H-pyrrole nitrogens is 1. The number of carbonyl (C=O) groups is 1. The first kappa shape index (κ1) is 13.8. The highest BCUT2D eigenvalue weighted by atomic mass is 16.5. The van der Waals surface area contributed by atoms with Gasteiger partial charge >= 0.3 is 0 Å². The molecule has 0 unspecified atom stereocenters. The number of ether oxygens (including phenoxy) is 1. The summed E-state index contributed by atoms with van der Waals surface area (Å²) in [7, 11) is 1.66. The molecule has 0 aliphatic carbocycles. The average molecular weight is 290 g/mol. The van der Waals surface area contributed by atoms with Crippen LogP contribution in [0.1, 0.15) is 23.0 Å². The Morgan fingerprint density at radius 2 is 2.24 bits per heavy atom. The van der Waals surface area contributed by atoms with Crippen molar-refractivity contribution < 1.29 is 9.53 Å². The Morgan fingerprint density at radius 3 is 2.90 bits per heavy atom. The maximum absolute atomic E-state index is 12.5. The number of methoxy groups -OCH3 is 1. The second-order valence-electron chi connectivity index (χ2n) is 5.99. The normalized spacial score (nSPS) is 17.0. The number of nitrogens with zero attached hydrogens (tertiary/aromatic N) is 3. The van der Waals surface area contributed by atoms with Crippen molar-refractivity contribution in [3.8, 4) is 0 Å². The van der Waals surface area contributed by atoms with Gasteiger partial charge in [0.1, 0.15) is 5.56 Å². The van der Waals surface area contributed by atoms with Gasteiger partial charge in [-0.1, -0.05) is 6.92 Å². The summed E-state index contributed by atoms with van der Waals surface area (Å²) in [5.74, 6) is -0.111. The van der Waals surface area contributed by atoms with Gasteiger partial charge in [-0.05, 0) is 6.92 Å². The van der Waals surface area contributed by atoms with Gasteiger partial charge in [-0.2, -0.15) is 0 Å². The number of carbonyl (C=O) groups excluding carboxylic acids is 1. The number of nitrogens with one attached hydrogen (secondary N) is 1. The van der Waals surface area contributed by atoms with Crippen molar-refractivity contribution in [3.05, 3.63) is 33.9 Å². The Bertz CT molecular complexity index is 755. The van der Waals surface area contributed by atoms with Gasteiger partial charge in [0.05, 0.1) is 6.61 Å². The van der Waals surface area contributed by atoms with E-state index < -0.39 is 0 Å². The molecule has 1 amide bonds. The molecular weight excluding hydrogens is 272 g/mol. The van der Waals surface area contributed by atoms with Crippen LogP contribution in [-0.4, -0.2) is 52.2 Å². The third kappa shape index (κ3) is 2.23. The molecular formula is C14H18N4O3. The molecule has 2 aromatic heterocycles. The second kappa shape index (κ2) is 4.70. The number of aromatic nitrogens is 3. The molecule has 1 saturated heterocycles. The Balaban J connectivity index is 1.89. The van der Waals surface area contributed by atoms with E-state index in [1.54, 1.807) is 18.9 Å². The number of hydrogen-bond acceptors (Lipinski definition) is 4. The third-order valence-electron chi connectivity index (χ3n) is 3.78. The highest BCUT2D eigenvalue weighted by Crippen LogP contribution is 2.31. The van der Waals surface area contributed by atoms with Gasteiger partial charge in [0.25, 0.3) is 11.5 Å². The zero-order chi connectivity index (χ0) is 15.2. The summed E-state index contributed by atoms with van der Waals surface area (Å²) in [5, 5.41) is 2.78. The van der Waals surface area contributed by atoms with Crippen molar-refractivity contribution in [2.45, 2.75) is 13.8 Å². The van der Waals surface area contributed by atoms with Crippen LogP contribution < -0.4 is 5.56 Å². The topological polar surface area (TPSA) is 79.7 Å². The molecule has 0 spiro atoms. The lowest BCUT2D eigenvalue weighted by molar-refractivity contribution is -0.0278. The highest BCUT2D eigenvalue weighted by molar-refractivity contribution is 6.00. The summed E-state index contributed by atoms with van der Waals surface area (Å²) < 4.78 is 6.45. The molecule has 0 saturated carbocycles. The first-order valence-corrected chi connectivity index (χ1v) is 6.79. The summed E-state index contributed by atoms with van der Waals surface area (Å²) in [4.78, 5) is 30.4. The number of fused-ring (bicyclic) bond motifs is 1. The molecule has 0 aromatic carbocycles. The van der Waals surface area contributed by atoms with Crippen molar-refractivity contribution in [1.29, 1.82) is 0 Å². The molecule has 1 N–H and O–H groups in total. The van der Waals surface area contributed by atoms with Gasteiger partial charge in [-0.25, -0.2) is 9.50 Å². The van der Waals surface area contributed by atoms with Gasteiger partial charge in [-0.3, -0.25) is 14.7 Å². The fourth-order valence-electron chi connectivity index (χ4n) is 2.88. The molecule has 3 rings (SSSR count). The largest absolute Gasteiger partial charge is 0.384 e. The fraction of sp³-hybridized carbons (Fsp3) is 0.500. The molecule has 7 nitrogen and oxygen atoms in total. The maximum atomic E-state index is 12.5. The Kier molecular flexibility index (Phi) is 3.09. The van der Waals surface area contributed by atoms with Crippen LogP contribution in [0.3, 0.4) is 0 Å². The van der Waals surface area contributed by atoms with Crippen molar-refractivity contribution in [2.75, 3.05) is 26.8 Å². The van der Waals surface area contributed by atoms with Gasteiger partial charge in [0, 0.05) is 43.6 Å². The smallest absolute Gasteiger partial charge is 0.272 e. The van der Waals surface area contributed by atoms with E-state index in [0.29, 0.717) is 36.6 Å².